The molecular weight excluding hydrogens is 416 g/mol. The Morgan fingerprint density at radius 3 is 1.94 bits per heavy atom. The van der Waals surface area contributed by atoms with Crippen molar-refractivity contribution in [3.8, 4) is 5.69 Å². The number of hydrogen-bond donors (Lipinski definition) is 0. The number of aryl methyl sites for hydroxylation is 1. The summed E-state index contributed by atoms with van der Waals surface area (Å²) in [5.41, 5.74) is 8.05. The fourth-order valence-corrected chi connectivity index (χ4v) is 6.54. The van der Waals surface area contributed by atoms with E-state index in [9.17, 15) is 0 Å². The van der Waals surface area contributed by atoms with Crippen LogP contribution in [0.15, 0.2) is 95.4 Å². The lowest BCUT2D eigenvalue weighted by Gasteiger charge is -2.07. The van der Waals surface area contributed by atoms with Gasteiger partial charge in [-0.15, -0.1) is 0 Å². The first kappa shape index (κ1) is 17.0. The molecule has 158 valence electrons. The summed E-state index contributed by atoms with van der Waals surface area (Å²) in [6, 6.07) is 32.8. The topological polar surface area (TPSA) is 23.0 Å². The van der Waals surface area contributed by atoms with E-state index in [1.807, 2.05) is 0 Å². The van der Waals surface area contributed by atoms with E-state index >= 15 is 0 Å². The molecule has 0 saturated carbocycles. The second-order valence-corrected chi connectivity index (χ2v) is 9.40. The Bertz CT molecular complexity index is 2220. The highest BCUT2D eigenvalue weighted by atomic mass is 16.3. The van der Waals surface area contributed by atoms with Gasteiger partial charge in [-0.1, -0.05) is 42.5 Å². The lowest BCUT2D eigenvalue weighted by molar-refractivity contribution is 0.669. The van der Waals surface area contributed by atoms with Crippen LogP contribution in [0.1, 0.15) is 0 Å². The molecule has 9 aromatic rings. The number of furan rings is 1. The van der Waals surface area contributed by atoms with Gasteiger partial charge in [0, 0.05) is 56.1 Å². The number of benzene rings is 5. The molecule has 9 rings (SSSR count). The molecule has 0 aliphatic carbocycles. The molecule has 0 spiro atoms. The fourth-order valence-electron chi connectivity index (χ4n) is 6.54. The van der Waals surface area contributed by atoms with Gasteiger partial charge in [-0.25, -0.2) is 0 Å². The van der Waals surface area contributed by atoms with Gasteiger partial charge in [0.1, 0.15) is 11.2 Å². The molecule has 0 N–H and O–H groups in total. The minimum absolute atomic E-state index is 0.948. The Kier molecular flexibility index (Phi) is 2.77. The summed E-state index contributed by atoms with van der Waals surface area (Å²) in [5, 5.41) is 10.2. The monoisotopic (exact) mass is 434 g/mol. The van der Waals surface area contributed by atoms with Gasteiger partial charge in [0.15, 0.2) is 0 Å². The first-order valence-electron chi connectivity index (χ1n) is 11.7. The van der Waals surface area contributed by atoms with E-state index in [0.717, 1.165) is 11.2 Å². The van der Waals surface area contributed by atoms with Gasteiger partial charge >= 0.3 is 0 Å². The molecule has 0 fully saturated rings. The van der Waals surface area contributed by atoms with Crippen molar-refractivity contribution in [3.05, 3.63) is 91.0 Å². The first-order chi connectivity index (χ1) is 16.8. The summed E-state index contributed by atoms with van der Waals surface area (Å²) in [6.07, 6.45) is 0. The van der Waals surface area contributed by atoms with Crippen LogP contribution in [0.25, 0.3) is 82.0 Å². The molecule has 6 aromatic carbocycles. The van der Waals surface area contributed by atoms with Crippen molar-refractivity contribution < 1.29 is 4.42 Å². The maximum absolute atomic E-state index is 6.45. The Morgan fingerprint density at radius 2 is 1.09 bits per heavy atom. The minimum Gasteiger partial charge on any atom is -0.456 e. The number of para-hydroxylation sites is 1. The molecular formula is C31H18N2O. The highest BCUT2D eigenvalue weighted by molar-refractivity contribution is 6.41. The lowest BCUT2D eigenvalue weighted by Crippen LogP contribution is -1.93. The van der Waals surface area contributed by atoms with Gasteiger partial charge in [-0.3, -0.25) is 0 Å². The van der Waals surface area contributed by atoms with E-state index in [2.05, 4.69) is 107 Å². The summed E-state index contributed by atoms with van der Waals surface area (Å²) >= 11 is 0. The molecule has 0 atom stereocenters. The van der Waals surface area contributed by atoms with Crippen LogP contribution in [0.2, 0.25) is 0 Å². The van der Waals surface area contributed by atoms with Crippen LogP contribution < -0.4 is 0 Å². The SMILES string of the molecule is Cn1c2cccc3c4cccc5oc6ccc7c(c6c54)c4c(c32)c1ccc4n7-c1ccccc1. The zero-order valence-electron chi connectivity index (χ0n) is 18.5. The molecule has 0 aliphatic heterocycles. The maximum atomic E-state index is 6.45. The molecule has 3 heteroatoms. The number of hydrogen-bond acceptors (Lipinski definition) is 1. The Balaban J connectivity index is 1.77. The third-order valence-electron chi connectivity index (χ3n) is 7.85. The van der Waals surface area contributed by atoms with Gasteiger partial charge < -0.3 is 13.6 Å². The van der Waals surface area contributed by atoms with Gasteiger partial charge in [0.25, 0.3) is 0 Å². The van der Waals surface area contributed by atoms with E-state index in [-0.39, 0.29) is 0 Å². The van der Waals surface area contributed by atoms with Crippen molar-refractivity contribution in [1.82, 2.24) is 9.13 Å². The molecule has 3 nitrogen and oxygen atoms in total. The average molecular weight is 434 g/mol. The first-order valence-corrected chi connectivity index (χ1v) is 11.7. The smallest absolute Gasteiger partial charge is 0.136 e. The van der Waals surface area contributed by atoms with Gasteiger partial charge in [0.05, 0.1) is 11.0 Å². The molecule has 0 amide bonds. The molecule has 0 bridgehead atoms. The van der Waals surface area contributed by atoms with Crippen molar-refractivity contribution in [2.24, 2.45) is 7.05 Å². The predicted octanol–water partition coefficient (Wildman–Crippen LogP) is 8.36. The van der Waals surface area contributed by atoms with Crippen molar-refractivity contribution in [3.63, 3.8) is 0 Å². The second kappa shape index (κ2) is 5.52. The van der Waals surface area contributed by atoms with Crippen molar-refractivity contribution in [2.45, 2.75) is 0 Å². The highest BCUT2D eigenvalue weighted by Gasteiger charge is 2.25. The summed E-state index contributed by atoms with van der Waals surface area (Å²) in [6.45, 7) is 0. The van der Waals surface area contributed by atoms with Crippen LogP contribution in [0.5, 0.6) is 0 Å². The Hall–Kier alpha value is -4.50. The molecule has 3 heterocycles. The molecule has 34 heavy (non-hydrogen) atoms. The molecule has 0 unspecified atom stereocenters. The largest absolute Gasteiger partial charge is 0.456 e. The third-order valence-corrected chi connectivity index (χ3v) is 7.85. The average Bonchev–Trinajstić information content (AvgIpc) is 3.51. The van der Waals surface area contributed by atoms with Crippen molar-refractivity contribution in [1.29, 1.82) is 0 Å². The van der Waals surface area contributed by atoms with Crippen LogP contribution in [0.4, 0.5) is 0 Å². The second-order valence-electron chi connectivity index (χ2n) is 9.40. The van der Waals surface area contributed by atoms with E-state index in [1.54, 1.807) is 0 Å². The number of aromatic nitrogens is 2. The molecule has 0 saturated heterocycles. The Labute approximate surface area is 193 Å². The van der Waals surface area contributed by atoms with Crippen molar-refractivity contribution >= 4 is 76.3 Å². The number of nitrogens with zero attached hydrogens (tertiary/aromatic N) is 2. The molecule has 0 radical (unpaired) electrons. The summed E-state index contributed by atoms with van der Waals surface area (Å²) < 4.78 is 11.2. The van der Waals surface area contributed by atoms with Crippen LogP contribution in [0.3, 0.4) is 0 Å². The van der Waals surface area contributed by atoms with Crippen LogP contribution in [-0.4, -0.2) is 9.13 Å². The summed E-state index contributed by atoms with van der Waals surface area (Å²) in [7, 11) is 2.19. The van der Waals surface area contributed by atoms with E-state index in [0.29, 0.717) is 0 Å². The normalized spacial score (nSPS) is 12.9. The van der Waals surface area contributed by atoms with E-state index in [1.165, 1.54) is 70.8 Å². The zero-order valence-corrected chi connectivity index (χ0v) is 18.5. The molecule has 0 aliphatic rings. The van der Waals surface area contributed by atoms with E-state index < -0.39 is 0 Å². The maximum Gasteiger partial charge on any atom is 0.136 e. The highest BCUT2D eigenvalue weighted by Crippen LogP contribution is 2.49. The summed E-state index contributed by atoms with van der Waals surface area (Å²) in [4.78, 5) is 0. The number of rotatable bonds is 1. The van der Waals surface area contributed by atoms with Crippen LogP contribution >= 0.6 is 0 Å². The Morgan fingerprint density at radius 1 is 0.471 bits per heavy atom. The quantitative estimate of drug-likeness (QED) is 0.254. The fraction of sp³-hybridized carbons (Fsp3) is 0.0323. The summed E-state index contributed by atoms with van der Waals surface area (Å²) in [5.74, 6) is 0. The van der Waals surface area contributed by atoms with Gasteiger partial charge in [-0.2, -0.15) is 0 Å². The number of fused-ring (bicyclic) bond motifs is 1. The van der Waals surface area contributed by atoms with Crippen molar-refractivity contribution in [2.75, 3.05) is 0 Å². The lowest BCUT2D eigenvalue weighted by atomic mass is 9.95. The predicted molar refractivity (Wildman–Crippen MR) is 142 cm³/mol. The molecule has 3 aromatic heterocycles. The minimum atomic E-state index is 0.948. The standard InChI is InChI=1S/C31H18N2O/c1-32-20-11-5-9-18-19-10-6-12-24-27(19)31-25(34-24)16-15-23-30(31)29-22(14-13-21(32)28(29)26(18)20)33(23)17-7-3-2-4-8-17/h2-16H,1H3. The van der Waals surface area contributed by atoms with Gasteiger partial charge in [-0.05, 0) is 59.3 Å². The van der Waals surface area contributed by atoms with Crippen LogP contribution in [0, 0.1) is 0 Å². The van der Waals surface area contributed by atoms with Gasteiger partial charge in [0.2, 0.25) is 0 Å². The van der Waals surface area contributed by atoms with Crippen LogP contribution in [-0.2, 0) is 7.05 Å². The third kappa shape index (κ3) is 1.74. The zero-order chi connectivity index (χ0) is 22.1. The van der Waals surface area contributed by atoms with E-state index in [4.69, 9.17) is 4.42 Å².